The van der Waals surface area contributed by atoms with Gasteiger partial charge in [0.1, 0.15) is 12.7 Å². The standard InChI is InChI=1S/C38H40N3/c1-20(2)26-17-29(21(3)4)34(30(18-26)22(5)6)27-16-25-12-14-40(9)37-33-24(8)23(7)15-31-28-11-10-13-39-38(28)41(36(31)33)32(19-27)35(25)37/h10-22H,1-9H3/q+1. The maximum Gasteiger partial charge on any atom is 0.224 e. The van der Waals surface area contributed by atoms with Crippen molar-refractivity contribution in [3.63, 3.8) is 0 Å². The second kappa shape index (κ2) is 9.01. The van der Waals surface area contributed by atoms with Crippen LogP contribution in [-0.2, 0) is 7.05 Å². The summed E-state index contributed by atoms with van der Waals surface area (Å²) in [6.07, 6.45) is 4.17. The van der Waals surface area contributed by atoms with Gasteiger partial charge in [0.05, 0.1) is 21.8 Å². The average Bonchev–Trinajstić information content (AvgIpc) is 3.27. The largest absolute Gasteiger partial charge is 0.292 e. The fourth-order valence-corrected chi connectivity index (χ4v) is 7.15. The van der Waals surface area contributed by atoms with Crippen LogP contribution in [0.5, 0.6) is 0 Å². The van der Waals surface area contributed by atoms with Crippen molar-refractivity contribution in [2.24, 2.45) is 7.05 Å². The van der Waals surface area contributed by atoms with E-state index in [9.17, 15) is 0 Å². The summed E-state index contributed by atoms with van der Waals surface area (Å²) < 4.78 is 4.77. The molecule has 7 aromatic rings. The zero-order chi connectivity index (χ0) is 28.9. The van der Waals surface area contributed by atoms with E-state index in [0.29, 0.717) is 17.8 Å². The molecule has 0 N–H and O–H groups in total. The van der Waals surface area contributed by atoms with Gasteiger partial charge in [-0.05, 0) is 106 Å². The zero-order valence-electron chi connectivity index (χ0n) is 25.8. The minimum atomic E-state index is 0.421. The van der Waals surface area contributed by atoms with Crippen LogP contribution in [0.2, 0.25) is 0 Å². The highest BCUT2D eigenvalue weighted by atomic mass is 15.0. The van der Waals surface area contributed by atoms with Crippen molar-refractivity contribution in [2.75, 3.05) is 0 Å². The fraction of sp³-hybridized carbons (Fsp3) is 0.316. The molecule has 0 fully saturated rings. The van der Waals surface area contributed by atoms with Gasteiger partial charge in [0, 0.05) is 23.0 Å². The van der Waals surface area contributed by atoms with Crippen molar-refractivity contribution < 1.29 is 4.57 Å². The molecular weight excluding hydrogens is 498 g/mol. The normalized spacial score (nSPS) is 12.7. The van der Waals surface area contributed by atoms with E-state index in [-0.39, 0.29) is 0 Å². The molecule has 0 saturated heterocycles. The summed E-state index contributed by atoms with van der Waals surface area (Å²) in [7, 11) is 2.19. The topological polar surface area (TPSA) is 21.2 Å². The van der Waals surface area contributed by atoms with E-state index in [1.807, 2.05) is 6.20 Å². The Labute approximate surface area is 242 Å². The van der Waals surface area contributed by atoms with Crippen LogP contribution in [-0.4, -0.2) is 9.38 Å². The maximum absolute atomic E-state index is 4.99. The third-order valence-electron chi connectivity index (χ3n) is 9.45. The van der Waals surface area contributed by atoms with Crippen molar-refractivity contribution in [1.82, 2.24) is 9.38 Å². The number of hydrogen-bond acceptors (Lipinski definition) is 1. The van der Waals surface area contributed by atoms with Crippen molar-refractivity contribution >= 4 is 49.1 Å². The van der Waals surface area contributed by atoms with Gasteiger partial charge in [-0.25, -0.2) is 9.55 Å². The molecule has 7 rings (SSSR count). The second-order valence-electron chi connectivity index (χ2n) is 13.1. The highest BCUT2D eigenvalue weighted by Gasteiger charge is 2.27. The molecule has 0 saturated carbocycles. The Morgan fingerprint density at radius 3 is 2.15 bits per heavy atom. The molecule has 0 aliphatic carbocycles. The van der Waals surface area contributed by atoms with Gasteiger partial charge in [0.15, 0.2) is 6.20 Å². The second-order valence-corrected chi connectivity index (χ2v) is 13.1. The minimum Gasteiger partial charge on any atom is -0.292 e. The molecule has 0 atom stereocenters. The van der Waals surface area contributed by atoms with Gasteiger partial charge < -0.3 is 0 Å². The molecule has 0 unspecified atom stereocenters. The van der Waals surface area contributed by atoms with Crippen LogP contribution in [0.4, 0.5) is 0 Å². The number of hydrogen-bond donors (Lipinski definition) is 0. The molecule has 4 aromatic heterocycles. The molecule has 0 amide bonds. The van der Waals surface area contributed by atoms with Crippen LogP contribution in [0.1, 0.15) is 87.1 Å². The van der Waals surface area contributed by atoms with E-state index >= 15 is 0 Å². The van der Waals surface area contributed by atoms with Crippen LogP contribution in [0.25, 0.3) is 60.3 Å². The molecule has 3 heteroatoms. The molecule has 0 aliphatic heterocycles. The molecule has 0 spiro atoms. The number of fused-ring (bicyclic) bond motifs is 5. The number of pyridine rings is 3. The first-order valence-corrected chi connectivity index (χ1v) is 15.1. The molecule has 0 radical (unpaired) electrons. The predicted molar refractivity (Wildman–Crippen MR) is 175 cm³/mol. The Morgan fingerprint density at radius 2 is 1.49 bits per heavy atom. The summed E-state index contributed by atoms with van der Waals surface area (Å²) in [5.74, 6) is 1.34. The number of aryl methyl sites for hydroxylation is 3. The van der Waals surface area contributed by atoms with Gasteiger partial charge in [-0.1, -0.05) is 53.7 Å². The van der Waals surface area contributed by atoms with E-state index in [4.69, 9.17) is 4.98 Å². The van der Waals surface area contributed by atoms with E-state index in [1.165, 1.54) is 82.4 Å². The highest BCUT2D eigenvalue weighted by Crippen LogP contribution is 2.45. The summed E-state index contributed by atoms with van der Waals surface area (Å²) in [5, 5.41) is 6.42. The van der Waals surface area contributed by atoms with Gasteiger partial charge in [-0.15, -0.1) is 0 Å². The Morgan fingerprint density at radius 1 is 0.780 bits per heavy atom. The van der Waals surface area contributed by atoms with Crippen molar-refractivity contribution in [2.45, 2.75) is 73.1 Å². The van der Waals surface area contributed by atoms with Crippen LogP contribution >= 0.6 is 0 Å². The van der Waals surface area contributed by atoms with Crippen LogP contribution < -0.4 is 4.57 Å². The third-order valence-corrected chi connectivity index (χ3v) is 9.45. The van der Waals surface area contributed by atoms with E-state index in [0.717, 1.165) is 5.65 Å². The summed E-state index contributed by atoms with van der Waals surface area (Å²) in [5.41, 5.74) is 14.5. The average molecular weight is 539 g/mol. The number of benzene rings is 3. The van der Waals surface area contributed by atoms with Crippen LogP contribution in [0, 0.1) is 13.8 Å². The molecule has 206 valence electrons. The summed E-state index contributed by atoms with van der Waals surface area (Å²) in [4.78, 5) is 4.99. The van der Waals surface area contributed by atoms with Crippen molar-refractivity contribution in [3.05, 3.63) is 88.7 Å². The molecule has 3 aromatic carbocycles. The number of nitrogens with zero attached hydrogens (tertiary/aromatic N) is 3. The third kappa shape index (κ3) is 3.57. The molecule has 41 heavy (non-hydrogen) atoms. The lowest BCUT2D eigenvalue weighted by molar-refractivity contribution is -0.643. The smallest absolute Gasteiger partial charge is 0.224 e. The number of rotatable bonds is 4. The maximum atomic E-state index is 4.99. The van der Waals surface area contributed by atoms with Crippen LogP contribution in [0.15, 0.2) is 60.9 Å². The Bertz CT molecular complexity index is 2130. The molecule has 3 nitrogen and oxygen atoms in total. The van der Waals surface area contributed by atoms with Crippen molar-refractivity contribution in [1.29, 1.82) is 0 Å². The molecule has 0 bridgehead atoms. The lowest BCUT2D eigenvalue weighted by atomic mass is 9.81. The van der Waals surface area contributed by atoms with Crippen molar-refractivity contribution in [3.8, 4) is 11.1 Å². The SMILES string of the molecule is Cc1cc2c3cccnc3n3c4cc(-c5c(C(C)C)cc(C(C)C)cc5C(C)C)cc5cc[n+](C)c(c(c1C)c23)c54. The van der Waals surface area contributed by atoms with Gasteiger partial charge in [0.2, 0.25) is 5.52 Å². The Kier molecular flexibility index (Phi) is 5.70. The first-order chi connectivity index (χ1) is 19.6. The fourth-order valence-electron chi connectivity index (χ4n) is 7.15. The minimum absolute atomic E-state index is 0.421. The molecular formula is C38H40N3+. The van der Waals surface area contributed by atoms with E-state index < -0.39 is 0 Å². The lowest BCUT2D eigenvalue weighted by Crippen LogP contribution is -2.29. The van der Waals surface area contributed by atoms with E-state index in [1.54, 1.807) is 0 Å². The quantitative estimate of drug-likeness (QED) is 0.124. The van der Waals surface area contributed by atoms with Crippen LogP contribution in [0.3, 0.4) is 0 Å². The first kappa shape index (κ1) is 26.0. The summed E-state index contributed by atoms with van der Waals surface area (Å²) in [6.45, 7) is 18.5. The van der Waals surface area contributed by atoms with E-state index in [2.05, 4.69) is 126 Å². The monoisotopic (exact) mass is 538 g/mol. The van der Waals surface area contributed by atoms with Gasteiger partial charge >= 0.3 is 0 Å². The molecule has 4 heterocycles. The summed E-state index contributed by atoms with van der Waals surface area (Å²) in [6, 6.07) is 18.8. The highest BCUT2D eigenvalue weighted by molar-refractivity contribution is 6.26. The Balaban J connectivity index is 1.75. The summed E-state index contributed by atoms with van der Waals surface area (Å²) >= 11 is 0. The van der Waals surface area contributed by atoms with Gasteiger partial charge in [-0.2, -0.15) is 0 Å². The molecule has 0 aliphatic rings. The zero-order valence-corrected chi connectivity index (χ0v) is 25.8. The first-order valence-electron chi connectivity index (χ1n) is 15.1. The Hall–Kier alpha value is -3.98. The number of aromatic nitrogens is 3. The lowest BCUT2D eigenvalue weighted by Gasteiger charge is -2.24. The van der Waals surface area contributed by atoms with Gasteiger partial charge in [0.25, 0.3) is 0 Å². The predicted octanol–water partition coefficient (Wildman–Crippen LogP) is 9.86. The van der Waals surface area contributed by atoms with Gasteiger partial charge in [-0.3, -0.25) is 4.40 Å².